The second-order valence-corrected chi connectivity index (χ2v) is 7.30. The predicted octanol–water partition coefficient (Wildman–Crippen LogP) is 2.27. The summed E-state index contributed by atoms with van der Waals surface area (Å²) < 4.78 is 32.7. The van der Waals surface area contributed by atoms with Crippen molar-refractivity contribution in [1.29, 1.82) is 0 Å². The number of primary amides is 1. The van der Waals surface area contributed by atoms with Gasteiger partial charge in [-0.3, -0.25) is 9.52 Å². The third-order valence-electron chi connectivity index (χ3n) is 2.79. The molecule has 0 fully saturated rings. The van der Waals surface area contributed by atoms with E-state index < -0.39 is 15.9 Å². The van der Waals surface area contributed by atoms with Gasteiger partial charge in [0, 0.05) is 11.0 Å². The number of carbonyl (C=O) groups is 1. The summed E-state index contributed by atoms with van der Waals surface area (Å²) in [5.41, 5.74) is 5.52. The molecular weight excluding hydrogens is 324 g/mol. The van der Waals surface area contributed by atoms with Gasteiger partial charge in [0.25, 0.3) is 10.0 Å². The summed E-state index contributed by atoms with van der Waals surface area (Å²) in [6.45, 7) is 3.28. The lowest BCUT2D eigenvalue weighted by Gasteiger charge is -2.11. The molecule has 0 bridgehead atoms. The van der Waals surface area contributed by atoms with Crippen molar-refractivity contribution >= 4 is 33.4 Å². The molecule has 0 saturated heterocycles. The normalized spacial score (nSPS) is 11.4. The van der Waals surface area contributed by atoms with Gasteiger partial charge in [-0.15, -0.1) is 11.8 Å². The van der Waals surface area contributed by atoms with Crippen molar-refractivity contribution < 1.29 is 17.6 Å². The number of furan rings is 1. The molecule has 2 rings (SSSR count). The zero-order valence-electron chi connectivity index (χ0n) is 12.1. The largest absolute Gasteiger partial charge is 0.465 e. The highest BCUT2D eigenvalue weighted by molar-refractivity contribution is 8.00. The first-order chi connectivity index (χ1) is 10.3. The number of aryl methyl sites for hydroxylation is 2. The van der Waals surface area contributed by atoms with Crippen molar-refractivity contribution in [2.45, 2.75) is 23.6 Å². The molecule has 0 unspecified atom stereocenters. The van der Waals surface area contributed by atoms with Crippen LogP contribution >= 0.6 is 11.8 Å². The summed E-state index contributed by atoms with van der Waals surface area (Å²) in [5.74, 6) is 0.452. The minimum atomic E-state index is -3.76. The van der Waals surface area contributed by atoms with Gasteiger partial charge in [0.05, 0.1) is 11.4 Å². The van der Waals surface area contributed by atoms with Gasteiger partial charge in [0.2, 0.25) is 5.91 Å². The van der Waals surface area contributed by atoms with Gasteiger partial charge >= 0.3 is 0 Å². The average Bonchev–Trinajstić information content (AvgIpc) is 2.77. The summed E-state index contributed by atoms with van der Waals surface area (Å²) in [4.78, 5) is 11.6. The number of carbonyl (C=O) groups excluding carboxylic acids is 1. The summed E-state index contributed by atoms with van der Waals surface area (Å²) in [7, 11) is -3.76. The maximum Gasteiger partial charge on any atom is 0.265 e. The SMILES string of the molecule is Cc1cc(S(=O)(=O)Nc2ccccc2SCC(N)=O)c(C)o1. The second-order valence-electron chi connectivity index (χ2n) is 4.63. The van der Waals surface area contributed by atoms with Gasteiger partial charge in [-0.2, -0.15) is 0 Å². The molecule has 0 atom stereocenters. The number of thioether (sulfide) groups is 1. The van der Waals surface area contributed by atoms with Crippen LogP contribution in [0, 0.1) is 13.8 Å². The molecule has 1 aromatic carbocycles. The van der Waals surface area contributed by atoms with Crippen molar-refractivity contribution in [3.8, 4) is 0 Å². The third-order valence-corrected chi connectivity index (χ3v) is 5.36. The number of sulfonamides is 1. The third kappa shape index (κ3) is 3.83. The lowest BCUT2D eigenvalue weighted by Crippen LogP contribution is -2.15. The molecule has 8 heteroatoms. The Morgan fingerprint density at radius 2 is 2.00 bits per heavy atom. The van der Waals surface area contributed by atoms with Crippen LogP contribution in [0.1, 0.15) is 11.5 Å². The smallest absolute Gasteiger partial charge is 0.265 e. The number of nitrogens with one attached hydrogen (secondary N) is 1. The zero-order chi connectivity index (χ0) is 16.3. The Balaban J connectivity index is 2.30. The van der Waals surface area contributed by atoms with Crippen LogP contribution in [-0.4, -0.2) is 20.1 Å². The molecule has 1 aromatic heterocycles. The number of para-hydroxylation sites is 1. The van der Waals surface area contributed by atoms with E-state index in [1.165, 1.54) is 17.8 Å². The van der Waals surface area contributed by atoms with Gasteiger partial charge < -0.3 is 10.2 Å². The Kier molecular flexibility index (Phi) is 4.82. The molecule has 6 nitrogen and oxygen atoms in total. The van der Waals surface area contributed by atoms with Crippen molar-refractivity contribution in [3.05, 3.63) is 41.9 Å². The molecule has 3 N–H and O–H groups in total. The number of nitrogens with two attached hydrogens (primary N) is 1. The average molecular weight is 340 g/mol. The first kappa shape index (κ1) is 16.4. The Hall–Kier alpha value is -1.93. The molecule has 0 aliphatic rings. The summed E-state index contributed by atoms with van der Waals surface area (Å²) >= 11 is 1.18. The highest BCUT2D eigenvalue weighted by Gasteiger charge is 2.21. The first-order valence-corrected chi connectivity index (χ1v) is 8.86. The number of hydrogen-bond donors (Lipinski definition) is 2. The molecule has 2 aromatic rings. The molecule has 0 aliphatic carbocycles. The molecule has 1 heterocycles. The lowest BCUT2D eigenvalue weighted by molar-refractivity contribution is -0.115. The van der Waals surface area contributed by atoms with Crippen LogP contribution in [0.2, 0.25) is 0 Å². The molecule has 0 spiro atoms. The van der Waals surface area contributed by atoms with Crippen molar-refractivity contribution in [1.82, 2.24) is 0 Å². The Labute approximate surface area is 133 Å². The van der Waals surface area contributed by atoms with Crippen molar-refractivity contribution in [3.63, 3.8) is 0 Å². The fourth-order valence-electron chi connectivity index (χ4n) is 1.90. The maximum atomic E-state index is 12.5. The molecule has 1 amide bonds. The van der Waals surface area contributed by atoms with Crippen molar-refractivity contribution in [2.24, 2.45) is 5.73 Å². The van der Waals surface area contributed by atoms with Crippen LogP contribution in [0.25, 0.3) is 0 Å². The van der Waals surface area contributed by atoms with E-state index in [9.17, 15) is 13.2 Å². The van der Waals surface area contributed by atoms with E-state index in [-0.39, 0.29) is 10.6 Å². The molecule has 0 radical (unpaired) electrons. The number of amides is 1. The fourth-order valence-corrected chi connectivity index (χ4v) is 4.03. The molecule has 0 aliphatic heterocycles. The van der Waals surface area contributed by atoms with Crippen LogP contribution in [-0.2, 0) is 14.8 Å². The van der Waals surface area contributed by atoms with E-state index >= 15 is 0 Å². The quantitative estimate of drug-likeness (QED) is 0.785. The first-order valence-electron chi connectivity index (χ1n) is 6.39. The standard InChI is InChI=1S/C14H16N2O4S2/c1-9-7-13(10(2)20-9)22(18,19)16-11-5-3-4-6-12(11)21-8-14(15)17/h3-7,16H,8H2,1-2H3,(H2,15,17). The van der Waals surface area contributed by atoms with Crippen molar-refractivity contribution in [2.75, 3.05) is 10.5 Å². The molecule has 118 valence electrons. The van der Waals surface area contributed by atoms with Crippen LogP contribution in [0.5, 0.6) is 0 Å². The number of anilines is 1. The maximum absolute atomic E-state index is 12.5. The Morgan fingerprint density at radius 1 is 1.32 bits per heavy atom. The van der Waals surface area contributed by atoms with E-state index in [1.807, 2.05) is 0 Å². The van der Waals surface area contributed by atoms with Crippen LogP contribution < -0.4 is 10.5 Å². The zero-order valence-corrected chi connectivity index (χ0v) is 13.8. The lowest BCUT2D eigenvalue weighted by atomic mass is 10.3. The van der Waals surface area contributed by atoms with Gasteiger partial charge in [-0.05, 0) is 26.0 Å². The summed E-state index contributed by atoms with van der Waals surface area (Å²) in [6, 6.07) is 8.28. The minimum absolute atomic E-state index is 0.0720. The van der Waals surface area contributed by atoms with Crippen LogP contribution in [0.3, 0.4) is 0 Å². The number of benzene rings is 1. The van der Waals surface area contributed by atoms with E-state index in [0.717, 1.165) is 0 Å². The number of rotatable bonds is 6. The van der Waals surface area contributed by atoms with Gasteiger partial charge in [-0.1, -0.05) is 12.1 Å². The number of hydrogen-bond acceptors (Lipinski definition) is 5. The second kappa shape index (κ2) is 6.45. The van der Waals surface area contributed by atoms with Gasteiger partial charge in [0.1, 0.15) is 16.4 Å². The minimum Gasteiger partial charge on any atom is -0.465 e. The molecule has 0 saturated carbocycles. The Morgan fingerprint density at radius 3 is 2.59 bits per heavy atom. The Bertz CT molecular complexity index is 797. The summed E-state index contributed by atoms with van der Waals surface area (Å²) in [5, 5.41) is 0. The highest BCUT2D eigenvalue weighted by atomic mass is 32.2. The van der Waals surface area contributed by atoms with Gasteiger partial charge in [0.15, 0.2) is 0 Å². The highest BCUT2D eigenvalue weighted by Crippen LogP contribution is 2.29. The summed E-state index contributed by atoms with van der Waals surface area (Å²) in [6.07, 6.45) is 0. The van der Waals surface area contributed by atoms with E-state index in [2.05, 4.69) is 4.72 Å². The molecular formula is C14H16N2O4S2. The van der Waals surface area contributed by atoms with Crippen LogP contribution in [0.15, 0.2) is 44.5 Å². The topological polar surface area (TPSA) is 102 Å². The van der Waals surface area contributed by atoms with E-state index in [4.69, 9.17) is 10.2 Å². The monoisotopic (exact) mass is 340 g/mol. The van der Waals surface area contributed by atoms with Crippen LogP contribution in [0.4, 0.5) is 5.69 Å². The predicted molar refractivity (Wildman–Crippen MR) is 85.4 cm³/mol. The molecule has 22 heavy (non-hydrogen) atoms. The fraction of sp³-hybridized carbons (Fsp3) is 0.214. The van der Waals surface area contributed by atoms with E-state index in [1.54, 1.807) is 38.1 Å². The van der Waals surface area contributed by atoms with Gasteiger partial charge in [-0.25, -0.2) is 8.42 Å². The van der Waals surface area contributed by atoms with E-state index in [0.29, 0.717) is 22.1 Å².